The Morgan fingerprint density at radius 3 is 2.38 bits per heavy atom. The van der Waals surface area contributed by atoms with Crippen LogP contribution in [0.2, 0.25) is 0 Å². The van der Waals surface area contributed by atoms with Crippen LogP contribution in [0.3, 0.4) is 0 Å². The van der Waals surface area contributed by atoms with Crippen molar-refractivity contribution < 1.29 is 9.90 Å². The monoisotopic (exact) mass is 320 g/mol. The van der Waals surface area contributed by atoms with Gasteiger partial charge in [-0.2, -0.15) is 0 Å². The maximum absolute atomic E-state index is 11.1. The van der Waals surface area contributed by atoms with Crippen LogP contribution in [-0.2, 0) is 0 Å². The summed E-state index contributed by atoms with van der Waals surface area (Å²) in [6.07, 6.45) is 1.69. The van der Waals surface area contributed by atoms with E-state index in [0.29, 0.717) is 11.4 Å². The Balaban J connectivity index is 0.00000100. The van der Waals surface area contributed by atoms with Crippen molar-refractivity contribution in [2.24, 2.45) is 0 Å². The van der Waals surface area contributed by atoms with Crippen LogP contribution in [0, 0.1) is 6.92 Å². The number of carboxylic acid groups (broad SMARTS) is 1. The van der Waals surface area contributed by atoms with Crippen LogP contribution >= 0.6 is 0 Å². The van der Waals surface area contributed by atoms with Crippen LogP contribution in [0.5, 0.6) is 0 Å². The minimum absolute atomic E-state index is 0.224. The van der Waals surface area contributed by atoms with Crippen molar-refractivity contribution in [3.63, 3.8) is 0 Å². The van der Waals surface area contributed by atoms with Crippen LogP contribution in [0.4, 0.5) is 0 Å². The summed E-state index contributed by atoms with van der Waals surface area (Å²) in [4.78, 5) is 19.9. The number of aryl methyl sites for hydroxylation is 1. The summed E-state index contributed by atoms with van der Waals surface area (Å²) in [7, 11) is 0. The maximum atomic E-state index is 11.1. The van der Waals surface area contributed by atoms with Crippen molar-refractivity contribution in [3.05, 3.63) is 71.9 Å². The number of aromatic nitrogens is 2. The van der Waals surface area contributed by atoms with Gasteiger partial charge >= 0.3 is 5.97 Å². The minimum Gasteiger partial charge on any atom is -0.478 e. The van der Waals surface area contributed by atoms with Crippen LogP contribution in [0.25, 0.3) is 22.6 Å². The standard InChI is InChI=1S/C18H14N2O2.C2H6/c1-12-4-2-5-13(10-12)16-8-9-19-17(20-16)14-6-3-7-15(11-14)18(21)22;1-2/h2-11H,1H3,(H,21,22);1-2H3. The molecule has 2 aromatic carbocycles. The quantitative estimate of drug-likeness (QED) is 0.749. The first-order valence-corrected chi connectivity index (χ1v) is 7.87. The number of hydrogen-bond donors (Lipinski definition) is 1. The van der Waals surface area contributed by atoms with Gasteiger partial charge in [-0.05, 0) is 31.2 Å². The van der Waals surface area contributed by atoms with Crippen LogP contribution in [-0.4, -0.2) is 21.0 Å². The number of rotatable bonds is 3. The van der Waals surface area contributed by atoms with E-state index >= 15 is 0 Å². The molecule has 1 heterocycles. The highest BCUT2D eigenvalue weighted by atomic mass is 16.4. The van der Waals surface area contributed by atoms with E-state index in [1.165, 1.54) is 0 Å². The predicted molar refractivity (Wildman–Crippen MR) is 95.9 cm³/mol. The summed E-state index contributed by atoms with van der Waals surface area (Å²) in [5, 5.41) is 9.08. The number of benzene rings is 2. The van der Waals surface area contributed by atoms with Crippen molar-refractivity contribution in [3.8, 4) is 22.6 Å². The topological polar surface area (TPSA) is 63.1 Å². The molecular weight excluding hydrogens is 300 g/mol. The lowest BCUT2D eigenvalue weighted by atomic mass is 10.1. The van der Waals surface area contributed by atoms with Gasteiger partial charge in [0, 0.05) is 17.3 Å². The fourth-order valence-electron chi connectivity index (χ4n) is 2.25. The molecule has 0 atom stereocenters. The average molecular weight is 320 g/mol. The van der Waals surface area contributed by atoms with Gasteiger partial charge in [0.2, 0.25) is 0 Å². The summed E-state index contributed by atoms with van der Waals surface area (Å²) in [6, 6.07) is 16.5. The molecule has 1 aromatic heterocycles. The number of carbonyl (C=O) groups is 1. The molecule has 0 saturated carbocycles. The largest absolute Gasteiger partial charge is 0.478 e. The molecule has 4 heteroatoms. The smallest absolute Gasteiger partial charge is 0.335 e. The second kappa shape index (κ2) is 8.02. The van der Waals surface area contributed by atoms with Crippen molar-refractivity contribution in [2.75, 3.05) is 0 Å². The van der Waals surface area contributed by atoms with E-state index in [0.717, 1.165) is 16.8 Å². The highest BCUT2D eigenvalue weighted by Gasteiger charge is 2.08. The van der Waals surface area contributed by atoms with Gasteiger partial charge in [-0.15, -0.1) is 0 Å². The molecule has 0 unspecified atom stereocenters. The van der Waals surface area contributed by atoms with E-state index < -0.39 is 5.97 Å². The molecule has 122 valence electrons. The Kier molecular flexibility index (Phi) is 5.79. The fourth-order valence-corrected chi connectivity index (χ4v) is 2.25. The average Bonchev–Trinajstić information content (AvgIpc) is 2.63. The molecule has 0 spiro atoms. The number of hydrogen-bond acceptors (Lipinski definition) is 3. The van der Waals surface area contributed by atoms with Gasteiger partial charge in [-0.3, -0.25) is 0 Å². The lowest BCUT2D eigenvalue weighted by Gasteiger charge is -2.05. The lowest BCUT2D eigenvalue weighted by molar-refractivity contribution is 0.0697. The number of aromatic carboxylic acids is 1. The lowest BCUT2D eigenvalue weighted by Crippen LogP contribution is -1.97. The summed E-state index contributed by atoms with van der Waals surface area (Å²) < 4.78 is 0. The number of carboxylic acids is 1. The molecule has 24 heavy (non-hydrogen) atoms. The van der Waals surface area contributed by atoms with Gasteiger partial charge in [0.05, 0.1) is 11.3 Å². The van der Waals surface area contributed by atoms with E-state index in [-0.39, 0.29) is 5.56 Å². The molecule has 0 bridgehead atoms. The minimum atomic E-state index is -0.961. The zero-order valence-electron chi connectivity index (χ0n) is 14.0. The Morgan fingerprint density at radius 1 is 0.958 bits per heavy atom. The molecule has 0 radical (unpaired) electrons. The molecular formula is C20H20N2O2. The number of nitrogens with zero attached hydrogens (tertiary/aromatic N) is 2. The van der Waals surface area contributed by atoms with Gasteiger partial charge in [-0.1, -0.05) is 49.7 Å². The first-order chi connectivity index (χ1) is 11.6. The second-order valence-electron chi connectivity index (χ2n) is 5.02. The summed E-state index contributed by atoms with van der Waals surface area (Å²) in [5.41, 5.74) is 3.90. The Hall–Kier alpha value is -3.01. The van der Waals surface area contributed by atoms with Gasteiger partial charge in [0.25, 0.3) is 0 Å². The van der Waals surface area contributed by atoms with E-state index in [1.807, 2.05) is 51.1 Å². The van der Waals surface area contributed by atoms with Crippen molar-refractivity contribution >= 4 is 5.97 Å². The third-order valence-electron chi connectivity index (χ3n) is 3.34. The first kappa shape index (κ1) is 17.3. The third-order valence-corrected chi connectivity index (χ3v) is 3.34. The van der Waals surface area contributed by atoms with Crippen molar-refractivity contribution in [1.29, 1.82) is 0 Å². The van der Waals surface area contributed by atoms with Gasteiger partial charge in [0.1, 0.15) is 0 Å². The van der Waals surface area contributed by atoms with Crippen molar-refractivity contribution in [1.82, 2.24) is 9.97 Å². The van der Waals surface area contributed by atoms with E-state index in [9.17, 15) is 4.79 Å². The Morgan fingerprint density at radius 2 is 1.67 bits per heavy atom. The second-order valence-corrected chi connectivity index (χ2v) is 5.02. The zero-order chi connectivity index (χ0) is 17.5. The highest BCUT2D eigenvalue weighted by molar-refractivity contribution is 5.89. The van der Waals surface area contributed by atoms with E-state index in [1.54, 1.807) is 24.4 Å². The maximum Gasteiger partial charge on any atom is 0.335 e. The molecule has 0 aliphatic heterocycles. The Labute approximate surface area is 141 Å². The summed E-state index contributed by atoms with van der Waals surface area (Å²) >= 11 is 0. The molecule has 0 aliphatic carbocycles. The molecule has 0 saturated heterocycles. The highest BCUT2D eigenvalue weighted by Crippen LogP contribution is 2.22. The van der Waals surface area contributed by atoms with Gasteiger partial charge in [-0.25, -0.2) is 14.8 Å². The third kappa shape index (κ3) is 4.04. The van der Waals surface area contributed by atoms with E-state index in [4.69, 9.17) is 5.11 Å². The van der Waals surface area contributed by atoms with Gasteiger partial charge < -0.3 is 5.11 Å². The van der Waals surface area contributed by atoms with Crippen molar-refractivity contribution in [2.45, 2.75) is 20.8 Å². The fraction of sp³-hybridized carbons (Fsp3) is 0.150. The molecule has 3 rings (SSSR count). The Bertz CT molecular complexity index is 844. The molecule has 1 N–H and O–H groups in total. The molecule has 3 aromatic rings. The normalized spacial score (nSPS) is 9.79. The van der Waals surface area contributed by atoms with Gasteiger partial charge in [0.15, 0.2) is 5.82 Å². The summed E-state index contributed by atoms with van der Waals surface area (Å²) in [5.74, 6) is -0.446. The summed E-state index contributed by atoms with van der Waals surface area (Å²) in [6.45, 7) is 6.03. The van der Waals surface area contributed by atoms with E-state index in [2.05, 4.69) is 16.0 Å². The SMILES string of the molecule is CC.Cc1cccc(-c2ccnc(-c3cccc(C(=O)O)c3)n2)c1. The predicted octanol–water partition coefficient (Wildman–Crippen LogP) is 4.84. The van der Waals surface area contributed by atoms with Crippen LogP contribution < -0.4 is 0 Å². The van der Waals surface area contributed by atoms with Crippen LogP contribution in [0.1, 0.15) is 29.8 Å². The first-order valence-electron chi connectivity index (χ1n) is 7.87. The molecule has 0 fully saturated rings. The molecule has 0 aliphatic rings. The molecule has 4 nitrogen and oxygen atoms in total. The van der Waals surface area contributed by atoms with Crippen LogP contribution in [0.15, 0.2) is 60.8 Å². The zero-order valence-corrected chi connectivity index (χ0v) is 14.0. The molecule has 0 amide bonds.